The van der Waals surface area contributed by atoms with E-state index in [1.54, 1.807) is 24.0 Å². The molecule has 0 saturated heterocycles. The number of carbonyl (C=O) groups is 1. The molecular weight excluding hydrogens is 332 g/mol. The highest BCUT2D eigenvalue weighted by Crippen LogP contribution is 2.32. The van der Waals surface area contributed by atoms with Crippen LogP contribution in [-0.2, 0) is 6.54 Å². The van der Waals surface area contributed by atoms with Gasteiger partial charge in [-0.2, -0.15) is 0 Å². The number of benzene rings is 2. The van der Waals surface area contributed by atoms with E-state index in [1.165, 1.54) is 13.0 Å². The molecule has 2 rings (SSSR count). The zero-order valence-electron chi connectivity index (χ0n) is 15.3. The van der Waals surface area contributed by atoms with E-state index in [1.807, 2.05) is 37.3 Å². The summed E-state index contributed by atoms with van der Waals surface area (Å²) in [6.07, 6.45) is 0.512. The van der Waals surface area contributed by atoms with Crippen molar-refractivity contribution in [2.45, 2.75) is 39.3 Å². The zero-order chi connectivity index (χ0) is 19.3. The van der Waals surface area contributed by atoms with Crippen molar-refractivity contribution in [3.63, 3.8) is 0 Å². The number of aliphatic hydroxyl groups is 1. The Bertz CT molecular complexity index is 788. The molecule has 6 heteroatoms. The molecule has 0 aliphatic rings. The van der Waals surface area contributed by atoms with Crippen molar-refractivity contribution in [1.29, 1.82) is 0 Å². The van der Waals surface area contributed by atoms with Gasteiger partial charge in [-0.15, -0.1) is 0 Å². The largest absolute Gasteiger partial charge is 0.388 e. The van der Waals surface area contributed by atoms with Crippen LogP contribution in [0.2, 0.25) is 0 Å². The summed E-state index contributed by atoms with van der Waals surface area (Å²) in [4.78, 5) is 24.5. The number of ketones is 1. The fraction of sp³-hybridized carbons (Fsp3) is 0.350. The lowest BCUT2D eigenvalue weighted by molar-refractivity contribution is -0.384. The normalized spacial score (nSPS) is 13.1. The van der Waals surface area contributed by atoms with Gasteiger partial charge in [0.05, 0.1) is 10.5 Å². The molecule has 2 aromatic carbocycles. The summed E-state index contributed by atoms with van der Waals surface area (Å²) in [5, 5.41) is 22.1. The second-order valence-corrected chi connectivity index (χ2v) is 6.71. The third-order valence-electron chi connectivity index (χ3n) is 4.43. The maximum Gasteiger partial charge on any atom is 0.293 e. The summed E-state index contributed by atoms with van der Waals surface area (Å²) in [7, 11) is 0. The Labute approximate surface area is 153 Å². The molecule has 6 nitrogen and oxygen atoms in total. The summed E-state index contributed by atoms with van der Waals surface area (Å²) in [5.41, 5.74) is 0.520. The van der Waals surface area contributed by atoms with E-state index in [9.17, 15) is 20.0 Å². The molecule has 0 bridgehead atoms. The molecule has 0 amide bonds. The van der Waals surface area contributed by atoms with Gasteiger partial charge in [-0.3, -0.25) is 14.9 Å². The number of rotatable bonds is 8. The van der Waals surface area contributed by atoms with Crippen molar-refractivity contribution in [2.24, 2.45) is 0 Å². The highest BCUT2D eigenvalue weighted by atomic mass is 16.6. The second-order valence-electron chi connectivity index (χ2n) is 6.71. The smallest absolute Gasteiger partial charge is 0.293 e. The molecule has 1 atom stereocenters. The molecule has 0 aromatic heterocycles. The summed E-state index contributed by atoms with van der Waals surface area (Å²) < 4.78 is 0. The minimum atomic E-state index is -0.998. The van der Waals surface area contributed by atoms with Gasteiger partial charge in [0, 0.05) is 24.7 Å². The monoisotopic (exact) mass is 356 g/mol. The lowest BCUT2D eigenvalue weighted by Gasteiger charge is -2.32. The molecular formula is C20H24N2O4. The van der Waals surface area contributed by atoms with Crippen molar-refractivity contribution in [1.82, 2.24) is 0 Å². The van der Waals surface area contributed by atoms with Crippen LogP contribution in [0.25, 0.3) is 0 Å². The van der Waals surface area contributed by atoms with Gasteiger partial charge in [0.2, 0.25) is 0 Å². The number of nitro groups is 1. The lowest BCUT2D eigenvalue weighted by Crippen LogP contribution is -2.40. The first-order valence-corrected chi connectivity index (χ1v) is 8.54. The predicted octanol–water partition coefficient (Wildman–Crippen LogP) is 3.97. The number of carbonyl (C=O) groups excluding carboxylic acids is 1. The SMILES string of the molecule is CC[C@@](C)(O)CN(Cc1ccccc1)c1ccc(C(C)=O)cc1[N+](=O)[O-]. The summed E-state index contributed by atoms with van der Waals surface area (Å²) in [6.45, 7) is 5.60. The summed E-state index contributed by atoms with van der Waals surface area (Å²) >= 11 is 0. The molecule has 0 heterocycles. The maximum atomic E-state index is 11.6. The van der Waals surface area contributed by atoms with Crippen LogP contribution in [0.3, 0.4) is 0 Å². The lowest BCUT2D eigenvalue weighted by atomic mass is 10.0. The Hall–Kier alpha value is -2.73. The molecule has 0 aliphatic heterocycles. The van der Waals surface area contributed by atoms with E-state index < -0.39 is 10.5 Å². The third kappa shape index (κ3) is 4.89. The zero-order valence-corrected chi connectivity index (χ0v) is 15.3. The van der Waals surface area contributed by atoms with Crippen LogP contribution >= 0.6 is 0 Å². The van der Waals surface area contributed by atoms with E-state index in [0.29, 0.717) is 24.2 Å². The van der Waals surface area contributed by atoms with Gasteiger partial charge in [-0.1, -0.05) is 37.3 Å². The van der Waals surface area contributed by atoms with Gasteiger partial charge in [0.15, 0.2) is 5.78 Å². The molecule has 0 aliphatic carbocycles. The minimum Gasteiger partial charge on any atom is -0.388 e. The fourth-order valence-corrected chi connectivity index (χ4v) is 2.71. The van der Waals surface area contributed by atoms with E-state index in [-0.39, 0.29) is 18.0 Å². The minimum absolute atomic E-state index is 0.138. The molecule has 2 aromatic rings. The summed E-state index contributed by atoms with van der Waals surface area (Å²) in [6, 6.07) is 14.0. The number of Topliss-reactive ketones (excluding diaryl/α,β-unsaturated/α-hetero) is 1. The summed E-state index contributed by atoms with van der Waals surface area (Å²) in [5.74, 6) is -0.227. The van der Waals surface area contributed by atoms with Gasteiger partial charge in [-0.05, 0) is 38.0 Å². The van der Waals surface area contributed by atoms with Crippen molar-refractivity contribution >= 4 is 17.2 Å². The Morgan fingerprint density at radius 3 is 2.42 bits per heavy atom. The first kappa shape index (κ1) is 19.6. The molecule has 26 heavy (non-hydrogen) atoms. The average molecular weight is 356 g/mol. The number of nitro benzene ring substituents is 1. The van der Waals surface area contributed by atoms with Crippen LogP contribution in [0.4, 0.5) is 11.4 Å². The van der Waals surface area contributed by atoms with Gasteiger partial charge in [0.25, 0.3) is 5.69 Å². The van der Waals surface area contributed by atoms with Crippen LogP contribution in [0.1, 0.15) is 43.1 Å². The Kier molecular flexibility index (Phi) is 6.10. The number of hydrogen-bond donors (Lipinski definition) is 1. The van der Waals surface area contributed by atoms with E-state index in [2.05, 4.69) is 0 Å². The van der Waals surface area contributed by atoms with E-state index in [0.717, 1.165) is 5.56 Å². The first-order chi connectivity index (χ1) is 12.2. The highest BCUT2D eigenvalue weighted by molar-refractivity contribution is 5.95. The molecule has 0 radical (unpaired) electrons. The highest BCUT2D eigenvalue weighted by Gasteiger charge is 2.27. The molecule has 0 saturated carbocycles. The number of nitrogens with zero attached hydrogens (tertiary/aromatic N) is 2. The Balaban J connectivity index is 2.50. The van der Waals surface area contributed by atoms with Crippen LogP contribution in [0.15, 0.2) is 48.5 Å². The standard InChI is InChI=1S/C20H24N2O4/c1-4-20(3,24)14-21(13-16-8-6-5-7-9-16)18-11-10-17(15(2)23)12-19(18)22(25)26/h5-12,24H,4,13-14H2,1-3H3/t20-/m1/s1. The molecule has 0 fully saturated rings. The topological polar surface area (TPSA) is 83.7 Å². The number of anilines is 1. The molecule has 138 valence electrons. The Morgan fingerprint density at radius 2 is 1.88 bits per heavy atom. The van der Waals surface area contributed by atoms with Crippen molar-refractivity contribution in [3.8, 4) is 0 Å². The first-order valence-electron chi connectivity index (χ1n) is 8.54. The predicted molar refractivity (Wildman–Crippen MR) is 102 cm³/mol. The van der Waals surface area contributed by atoms with Crippen molar-refractivity contribution in [3.05, 3.63) is 69.8 Å². The molecule has 0 spiro atoms. The van der Waals surface area contributed by atoms with Crippen molar-refractivity contribution < 1.29 is 14.8 Å². The third-order valence-corrected chi connectivity index (χ3v) is 4.43. The van der Waals surface area contributed by atoms with E-state index in [4.69, 9.17) is 0 Å². The fourth-order valence-electron chi connectivity index (χ4n) is 2.71. The van der Waals surface area contributed by atoms with Crippen LogP contribution < -0.4 is 4.90 Å². The Morgan fingerprint density at radius 1 is 1.23 bits per heavy atom. The van der Waals surface area contributed by atoms with E-state index >= 15 is 0 Å². The van der Waals surface area contributed by atoms with Gasteiger partial charge >= 0.3 is 0 Å². The molecule has 0 unspecified atom stereocenters. The quantitative estimate of drug-likeness (QED) is 0.440. The second kappa shape index (κ2) is 8.10. The van der Waals surface area contributed by atoms with Gasteiger partial charge < -0.3 is 10.0 Å². The molecule has 1 N–H and O–H groups in total. The van der Waals surface area contributed by atoms with Gasteiger partial charge in [0.1, 0.15) is 5.69 Å². The van der Waals surface area contributed by atoms with Gasteiger partial charge in [-0.25, -0.2) is 0 Å². The maximum absolute atomic E-state index is 11.6. The van der Waals surface area contributed by atoms with Crippen LogP contribution in [-0.4, -0.2) is 28.0 Å². The van der Waals surface area contributed by atoms with Crippen LogP contribution in [0, 0.1) is 10.1 Å². The van der Waals surface area contributed by atoms with Crippen molar-refractivity contribution in [2.75, 3.05) is 11.4 Å². The average Bonchev–Trinajstić information content (AvgIpc) is 2.61. The number of hydrogen-bond acceptors (Lipinski definition) is 5. The van der Waals surface area contributed by atoms with Crippen LogP contribution in [0.5, 0.6) is 0 Å².